The van der Waals surface area contributed by atoms with Crippen molar-refractivity contribution in [2.45, 2.75) is 25.8 Å². The first-order valence-corrected chi connectivity index (χ1v) is 9.77. The Bertz CT molecular complexity index is 1030. The van der Waals surface area contributed by atoms with Gasteiger partial charge in [-0.15, -0.1) is 0 Å². The lowest BCUT2D eigenvalue weighted by Crippen LogP contribution is -2.48. The quantitative estimate of drug-likeness (QED) is 0.843. The van der Waals surface area contributed by atoms with Crippen molar-refractivity contribution in [3.05, 3.63) is 57.0 Å². The van der Waals surface area contributed by atoms with Crippen LogP contribution < -0.4 is 10.9 Å². The minimum Gasteiger partial charge on any atom is -0.355 e. The topological polar surface area (TPSA) is 71.4 Å². The predicted octanol–water partition coefficient (Wildman–Crippen LogP) is 2.49. The molecule has 3 heterocycles. The molecule has 1 fully saturated rings. The van der Waals surface area contributed by atoms with Crippen molar-refractivity contribution in [1.29, 1.82) is 0 Å². The second-order valence-electron chi connectivity index (χ2n) is 7.61. The lowest BCUT2D eigenvalue weighted by molar-refractivity contribution is -0.131. The lowest BCUT2D eigenvalue weighted by Gasteiger charge is -2.42. The molecule has 0 radical (unpaired) electrons. The minimum atomic E-state index is -0.270. The van der Waals surface area contributed by atoms with Crippen molar-refractivity contribution in [1.82, 2.24) is 14.8 Å². The van der Waals surface area contributed by atoms with Crippen LogP contribution in [0.5, 0.6) is 0 Å². The van der Waals surface area contributed by atoms with E-state index >= 15 is 0 Å². The summed E-state index contributed by atoms with van der Waals surface area (Å²) in [5.74, 6) is 0.271. The van der Waals surface area contributed by atoms with Gasteiger partial charge in [-0.3, -0.25) is 14.4 Å². The summed E-state index contributed by atoms with van der Waals surface area (Å²) in [6, 6.07) is 8.83. The number of hydrogen-bond donors (Lipinski definition) is 1. The number of nitrogens with one attached hydrogen (secondary N) is 1. The largest absolute Gasteiger partial charge is 0.355 e. The fourth-order valence-corrected chi connectivity index (χ4v) is 4.60. The van der Waals surface area contributed by atoms with Crippen LogP contribution in [0.25, 0.3) is 11.1 Å². The maximum atomic E-state index is 12.8. The van der Waals surface area contributed by atoms with Crippen molar-refractivity contribution < 1.29 is 9.59 Å². The number of carbonyl (C=O) groups excluding carboxylic acids is 2. The molecule has 2 bridgehead atoms. The molecule has 1 saturated heterocycles. The van der Waals surface area contributed by atoms with Gasteiger partial charge in [0.15, 0.2) is 0 Å². The normalized spacial score (nSPS) is 20.5. The zero-order chi connectivity index (χ0) is 20.0. The minimum absolute atomic E-state index is 0.0464. The number of nitrogens with zero attached hydrogens (tertiary/aromatic N) is 2. The van der Waals surface area contributed by atoms with Gasteiger partial charge in [-0.1, -0.05) is 17.7 Å². The number of hydrogen-bond acceptors (Lipinski definition) is 3. The number of benzene rings is 1. The van der Waals surface area contributed by atoms with Crippen LogP contribution in [-0.4, -0.2) is 41.4 Å². The lowest BCUT2D eigenvalue weighted by atomic mass is 9.82. The fourth-order valence-electron chi connectivity index (χ4n) is 4.40. The van der Waals surface area contributed by atoms with Crippen molar-refractivity contribution in [3.63, 3.8) is 0 Å². The molecule has 2 atom stereocenters. The van der Waals surface area contributed by atoms with E-state index in [4.69, 9.17) is 11.6 Å². The van der Waals surface area contributed by atoms with Crippen molar-refractivity contribution in [2.75, 3.05) is 20.1 Å². The Balaban J connectivity index is 1.78. The van der Waals surface area contributed by atoms with E-state index in [1.807, 2.05) is 21.6 Å². The van der Waals surface area contributed by atoms with Crippen LogP contribution in [0.3, 0.4) is 0 Å². The van der Waals surface area contributed by atoms with E-state index in [0.29, 0.717) is 36.1 Å². The molecule has 0 aliphatic carbocycles. The number of pyridine rings is 1. The van der Waals surface area contributed by atoms with Crippen LogP contribution in [0.15, 0.2) is 35.1 Å². The standard InChI is InChI=1S/C21H22ClN3O3/c1-12(26)24-9-13-5-16(11-24)19-7-15(8-20(27)25(19)10-13)14-3-4-18(22)17(6-14)21(28)23-2/h3-4,6-8,13,16H,5,9-11H2,1-2H3,(H,23,28)/t13-,16+/m0/s1. The Hall–Kier alpha value is -2.60. The first kappa shape index (κ1) is 18.7. The Morgan fingerprint density at radius 2 is 1.89 bits per heavy atom. The molecule has 6 nitrogen and oxygen atoms in total. The molecule has 7 heteroatoms. The summed E-state index contributed by atoms with van der Waals surface area (Å²) in [6.45, 7) is 3.59. The molecular formula is C21H22ClN3O3. The molecule has 146 valence electrons. The number of likely N-dealkylation sites (tertiary alicyclic amines) is 1. The van der Waals surface area contributed by atoms with E-state index < -0.39 is 0 Å². The highest BCUT2D eigenvalue weighted by atomic mass is 35.5. The first-order valence-electron chi connectivity index (χ1n) is 9.39. The number of rotatable bonds is 2. The molecule has 2 aliphatic heterocycles. The number of piperidine rings is 1. The van der Waals surface area contributed by atoms with E-state index in [1.165, 1.54) is 0 Å². The van der Waals surface area contributed by atoms with Gasteiger partial charge in [0.2, 0.25) is 5.91 Å². The molecular weight excluding hydrogens is 378 g/mol. The molecule has 1 aromatic carbocycles. The van der Waals surface area contributed by atoms with Gasteiger partial charge in [0.1, 0.15) is 0 Å². The van der Waals surface area contributed by atoms with Crippen molar-refractivity contribution >= 4 is 23.4 Å². The molecule has 1 N–H and O–H groups in total. The predicted molar refractivity (Wildman–Crippen MR) is 108 cm³/mol. The van der Waals surface area contributed by atoms with Crippen molar-refractivity contribution in [2.24, 2.45) is 5.92 Å². The molecule has 28 heavy (non-hydrogen) atoms. The highest BCUT2D eigenvalue weighted by Crippen LogP contribution is 2.37. The third kappa shape index (κ3) is 3.22. The van der Waals surface area contributed by atoms with Gasteiger partial charge in [0.25, 0.3) is 11.5 Å². The fraction of sp³-hybridized carbons (Fsp3) is 0.381. The molecule has 2 aromatic rings. The number of amides is 2. The van der Waals surface area contributed by atoms with Gasteiger partial charge in [-0.2, -0.15) is 0 Å². The Morgan fingerprint density at radius 3 is 2.61 bits per heavy atom. The molecule has 2 amide bonds. The third-order valence-corrected chi connectivity index (χ3v) is 6.10. The summed E-state index contributed by atoms with van der Waals surface area (Å²) in [5, 5.41) is 2.95. The molecule has 2 aliphatic rings. The van der Waals surface area contributed by atoms with Crippen LogP contribution >= 0.6 is 11.6 Å². The van der Waals surface area contributed by atoms with Gasteiger partial charge < -0.3 is 14.8 Å². The van der Waals surface area contributed by atoms with Crippen LogP contribution in [0.2, 0.25) is 5.02 Å². The van der Waals surface area contributed by atoms with E-state index in [-0.39, 0.29) is 23.3 Å². The summed E-state index contributed by atoms with van der Waals surface area (Å²) in [7, 11) is 1.55. The number of aromatic nitrogens is 1. The molecule has 4 rings (SSSR count). The maximum absolute atomic E-state index is 12.8. The average Bonchev–Trinajstić information content (AvgIpc) is 2.68. The number of carbonyl (C=O) groups is 2. The van der Waals surface area contributed by atoms with Gasteiger partial charge in [0, 0.05) is 51.3 Å². The van der Waals surface area contributed by atoms with Crippen LogP contribution in [-0.2, 0) is 11.3 Å². The second kappa shape index (κ2) is 7.09. The molecule has 0 saturated carbocycles. The van der Waals surface area contributed by atoms with Crippen LogP contribution in [0.1, 0.15) is 35.3 Å². The van der Waals surface area contributed by atoms with Crippen LogP contribution in [0, 0.1) is 5.92 Å². The maximum Gasteiger partial charge on any atom is 0.252 e. The highest BCUT2D eigenvalue weighted by molar-refractivity contribution is 6.34. The molecule has 0 unspecified atom stereocenters. The Morgan fingerprint density at radius 1 is 1.11 bits per heavy atom. The number of halogens is 1. The van der Waals surface area contributed by atoms with E-state index in [9.17, 15) is 14.4 Å². The van der Waals surface area contributed by atoms with Crippen molar-refractivity contribution in [3.8, 4) is 11.1 Å². The Kier molecular flexibility index (Phi) is 4.75. The van der Waals surface area contributed by atoms with E-state index in [2.05, 4.69) is 5.32 Å². The number of fused-ring (bicyclic) bond motifs is 4. The van der Waals surface area contributed by atoms with Gasteiger partial charge in [0.05, 0.1) is 10.6 Å². The first-order chi connectivity index (χ1) is 13.4. The zero-order valence-electron chi connectivity index (χ0n) is 15.9. The summed E-state index contributed by atoms with van der Waals surface area (Å²) in [6.07, 6.45) is 0.983. The smallest absolute Gasteiger partial charge is 0.252 e. The van der Waals surface area contributed by atoms with E-state index in [0.717, 1.165) is 23.2 Å². The van der Waals surface area contributed by atoms with Crippen LogP contribution in [0.4, 0.5) is 0 Å². The summed E-state index contributed by atoms with van der Waals surface area (Å²) in [4.78, 5) is 38.6. The highest BCUT2D eigenvalue weighted by Gasteiger charge is 2.35. The van der Waals surface area contributed by atoms with E-state index in [1.54, 1.807) is 32.2 Å². The summed E-state index contributed by atoms with van der Waals surface area (Å²) >= 11 is 6.15. The van der Waals surface area contributed by atoms with Gasteiger partial charge >= 0.3 is 0 Å². The van der Waals surface area contributed by atoms with Gasteiger partial charge in [-0.05, 0) is 41.7 Å². The summed E-state index contributed by atoms with van der Waals surface area (Å²) in [5.41, 5.74) is 2.82. The zero-order valence-corrected chi connectivity index (χ0v) is 16.6. The Labute approximate surface area is 168 Å². The molecule has 1 aromatic heterocycles. The monoisotopic (exact) mass is 399 g/mol. The third-order valence-electron chi connectivity index (χ3n) is 5.77. The SMILES string of the molecule is CNC(=O)c1cc(-c2cc3n(c(=O)c2)C[C@H]2C[C@@H]3CN(C(C)=O)C2)ccc1Cl. The second-order valence-corrected chi connectivity index (χ2v) is 8.02. The van der Waals surface area contributed by atoms with Gasteiger partial charge in [-0.25, -0.2) is 0 Å². The summed E-state index contributed by atoms with van der Waals surface area (Å²) < 4.78 is 1.84. The average molecular weight is 400 g/mol. The molecule has 0 spiro atoms.